The van der Waals surface area contributed by atoms with Crippen LogP contribution in [-0.4, -0.2) is 56.0 Å². The van der Waals surface area contributed by atoms with Gasteiger partial charge in [-0.3, -0.25) is 4.79 Å². The van der Waals surface area contributed by atoms with Crippen molar-refractivity contribution in [2.75, 3.05) is 32.4 Å². The Bertz CT molecular complexity index is 660. The molecule has 1 aromatic carbocycles. The smallest absolute Gasteiger partial charge is 0.246 e. The summed E-state index contributed by atoms with van der Waals surface area (Å²) >= 11 is 0. The van der Waals surface area contributed by atoms with Gasteiger partial charge in [0.05, 0.1) is 6.26 Å². The molecule has 0 N–H and O–H groups in total. The number of nitrogens with zero attached hydrogens (tertiary/aromatic N) is 2. The van der Waals surface area contributed by atoms with E-state index in [0.717, 1.165) is 18.4 Å². The van der Waals surface area contributed by atoms with Gasteiger partial charge >= 0.3 is 0 Å². The van der Waals surface area contributed by atoms with Crippen molar-refractivity contribution in [2.24, 2.45) is 0 Å². The van der Waals surface area contributed by atoms with Crippen LogP contribution < -0.4 is 0 Å². The number of hydrogen-bond donors (Lipinski definition) is 0. The maximum absolute atomic E-state index is 12.3. The fraction of sp³-hybridized carbons (Fsp3) is 0.471. The van der Waals surface area contributed by atoms with Crippen LogP contribution in [0.2, 0.25) is 0 Å². The number of hydrogen-bond acceptors (Lipinski definition) is 3. The van der Waals surface area contributed by atoms with Crippen LogP contribution in [0.1, 0.15) is 18.9 Å². The highest BCUT2D eigenvalue weighted by Gasteiger charge is 2.25. The second-order valence-electron chi connectivity index (χ2n) is 5.96. The Morgan fingerprint density at radius 1 is 1.13 bits per heavy atom. The van der Waals surface area contributed by atoms with E-state index in [-0.39, 0.29) is 5.91 Å². The van der Waals surface area contributed by atoms with Crippen LogP contribution in [0.5, 0.6) is 0 Å². The van der Waals surface area contributed by atoms with Crippen LogP contribution in [0.3, 0.4) is 0 Å². The Balaban J connectivity index is 1.84. The highest BCUT2D eigenvalue weighted by atomic mass is 32.2. The van der Waals surface area contributed by atoms with Gasteiger partial charge < -0.3 is 4.90 Å². The average molecular weight is 336 g/mol. The van der Waals surface area contributed by atoms with Crippen molar-refractivity contribution in [1.82, 2.24) is 9.21 Å². The first-order chi connectivity index (χ1) is 10.9. The number of aryl methyl sites for hydroxylation is 1. The van der Waals surface area contributed by atoms with Crippen LogP contribution in [-0.2, 0) is 21.2 Å². The number of sulfonamides is 1. The van der Waals surface area contributed by atoms with E-state index in [9.17, 15) is 13.2 Å². The van der Waals surface area contributed by atoms with Gasteiger partial charge in [-0.1, -0.05) is 35.9 Å². The van der Waals surface area contributed by atoms with Crippen molar-refractivity contribution in [1.29, 1.82) is 0 Å². The minimum absolute atomic E-state index is 0.0243. The molecule has 0 bridgehead atoms. The number of benzene rings is 1. The summed E-state index contributed by atoms with van der Waals surface area (Å²) in [5.41, 5.74) is 2.30. The molecule has 1 aromatic rings. The summed E-state index contributed by atoms with van der Waals surface area (Å²) in [4.78, 5) is 14.0. The molecular weight excluding hydrogens is 312 g/mol. The Labute approximate surface area is 138 Å². The van der Waals surface area contributed by atoms with Gasteiger partial charge in [-0.25, -0.2) is 8.42 Å². The maximum Gasteiger partial charge on any atom is 0.246 e. The summed E-state index contributed by atoms with van der Waals surface area (Å²) in [6.07, 6.45) is 4.65. The van der Waals surface area contributed by atoms with Crippen molar-refractivity contribution < 1.29 is 13.2 Å². The predicted molar refractivity (Wildman–Crippen MR) is 91.5 cm³/mol. The standard InChI is InChI=1S/C17H24N2O3S/c1-15(8-9-16-6-4-3-5-7-16)14-17(20)18-10-12-19(13-11-18)23(2,21)22/h3-7,14H,8-13H2,1-2H3/b15-14-. The van der Waals surface area contributed by atoms with Gasteiger partial charge in [-0.2, -0.15) is 4.31 Å². The van der Waals surface area contributed by atoms with Crippen molar-refractivity contribution in [2.45, 2.75) is 19.8 Å². The molecule has 2 rings (SSSR count). The number of rotatable bonds is 5. The third-order valence-electron chi connectivity index (χ3n) is 4.04. The highest BCUT2D eigenvalue weighted by Crippen LogP contribution is 2.11. The van der Waals surface area contributed by atoms with E-state index < -0.39 is 10.0 Å². The summed E-state index contributed by atoms with van der Waals surface area (Å²) in [5.74, 6) is -0.0243. The van der Waals surface area contributed by atoms with Crippen LogP contribution in [0, 0.1) is 0 Å². The summed E-state index contributed by atoms with van der Waals surface area (Å²) in [7, 11) is -3.16. The van der Waals surface area contributed by atoms with Crippen molar-refractivity contribution >= 4 is 15.9 Å². The van der Waals surface area contributed by atoms with E-state index in [1.165, 1.54) is 16.1 Å². The first kappa shape index (κ1) is 17.7. The first-order valence-corrected chi connectivity index (χ1v) is 9.66. The van der Waals surface area contributed by atoms with E-state index in [4.69, 9.17) is 0 Å². The molecule has 1 fully saturated rings. The molecule has 1 heterocycles. The summed E-state index contributed by atoms with van der Waals surface area (Å²) in [6, 6.07) is 10.2. The molecule has 0 aliphatic carbocycles. The summed E-state index contributed by atoms with van der Waals surface area (Å²) in [5, 5.41) is 0. The minimum atomic E-state index is -3.16. The lowest BCUT2D eigenvalue weighted by atomic mass is 10.1. The number of carbonyl (C=O) groups excluding carboxylic acids is 1. The molecule has 0 saturated carbocycles. The van der Waals surface area contributed by atoms with E-state index in [1.807, 2.05) is 25.1 Å². The molecule has 1 amide bonds. The average Bonchev–Trinajstić information content (AvgIpc) is 2.53. The van der Waals surface area contributed by atoms with E-state index >= 15 is 0 Å². The predicted octanol–water partition coefficient (Wildman–Crippen LogP) is 1.67. The lowest BCUT2D eigenvalue weighted by Crippen LogP contribution is -2.49. The molecule has 23 heavy (non-hydrogen) atoms. The second-order valence-corrected chi connectivity index (χ2v) is 7.95. The van der Waals surface area contributed by atoms with Crippen molar-refractivity contribution in [3.63, 3.8) is 0 Å². The molecule has 126 valence electrons. The quantitative estimate of drug-likeness (QED) is 0.769. The molecule has 1 aliphatic rings. The minimum Gasteiger partial charge on any atom is -0.337 e. The SMILES string of the molecule is C/C(=C/C(=O)N1CCN(S(C)(=O)=O)CC1)CCc1ccccc1. The molecule has 6 heteroatoms. The zero-order valence-electron chi connectivity index (χ0n) is 13.7. The molecule has 0 unspecified atom stereocenters. The van der Waals surface area contributed by atoms with Crippen molar-refractivity contribution in [3.05, 3.63) is 47.5 Å². The van der Waals surface area contributed by atoms with Crippen LogP contribution >= 0.6 is 0 Å². The maximum atomic E-state index is 12.3. The molecule has 0 aromatic heterocycles. The van der Waals surface area contributed by atoms with Gasteiger partial charge in [-0.15, -0.1) is 0 Å². The monoisotopic (exact) mass is 336 g/mol. The number of carbonyl (C=O) groups is 1. The number of allylic oxidation sites excluding steroid dienone is 1. The number of amides is 1. The zero-order chi connectivity index (χ0) is 16.9. The van der Waals surface area contributed by atoms with Crippen LogP contribution in [0.4, 0.5) is 0 Å². The van der Waals surface area contributed by atoms with Gasteiger partial charge in [0.25, 0.3) is 0 Å². The van der Waals surface area contributed by atoms with E-state index in [1.54, 1.807) is 11.0 Å². The zero-order valence-corrected chi connectivity index (χ0v) is 14.6. The van der Waals surface area contributed by atoms with Gasteiger partial charge in [0.2, 0.25) is 15.9 Å². The lowest BCUT2D eigenvalue weighted by molar-refractivity contribution is -0.127. The van der Waals surface area contributed by atoms with Gasteiger partial charge in [0, 0.05) is 32.3 Å². The largest absolute Gasteiger partial charge is 0.337 e. The molecule has 0 spiro atoms. The normalized spacial score (nSPS) is 17.3. The molecule has 0 atom stereocenters. The first-order valence-electron chi connectivity index (χ1n) is 7.81. The van der Waals surface area contributed by atoms with Crippen molar-refractivity contribution in [3.8, 4) is 0 Å². The highest BCUT2D eigenvalue weighted by molar-refractivity contribution is 7.88. The van der Waals surface area contributed by atoms with Gasteiger partial charge in [0.15, 0.2) is 0 Å². The molecule has 1 aliphatic heterocycles. The summed E-state index contributed by atoms with van der Waals surface area (Å²) < 4.78 is 24.4. The third kappa shape index (κ3) is 5.48. The topological polar surface area (TPSA) is 57.7 Å². The van der Waals surface area contributed by atoms with E-state index in [0.29, 0.717) is 26.2 Å². The van der Waals surface area contributed by atoms with Gasteiger partial charge in [-0.05, 0) is 25.3 Å². The Hall–Kier alpha value is -1.66. The second kappa shape index (κ2) is 7.75. The lowest BCUT2D eigenvalue weighted by Gasteiger charge is -2.32. The molecule has 0 radical (unpaired) electrons. The Morgan fingerprint density at radius 2 is 1.74 bits per heavy atom. The fourth-order valence-electron chi connectivity index (χ4n) is 2.60. The third-order valence-corrected chi connectivity index (χ3v) is 5.34. The van der Waals surface area contributed by atoms with E-state index in [2.05, 4.69) is 12.1 Å². The summed E-state index contributed by atoms with van der Waals surface area (Å²) in [6.45, 7) is 3.62. The Kier molecular flexibility index (Phi) is 5.96. The van der Waals surface area contributed by atoms with Gasteiger partial charge in [0.1, 0.15) is 0 Å². The number of piperazine rings is 1. The molecular formula is C17H24N2O3S. The molecule has 1 saturated heterocycles. The van der Waals surface area contributed by atoms with Crippen LogP contribution in [0.15, 0.2) is 42.0 Å². The molecule has 5 nitrogen and oxygen atoms in total. The Morgan fingerprint density at radius 3 is 2.30 bits per heavy atom. The van der Waals surface area contributed by atoms with Crippen LogP contribution in [0.25, 0.3) is 0 Å². The fourth-order valence-corrected chi connectivity index (χ4v) is 3.43.